The zero-order chi connectivity index (χ0) is 70.4. The van der Waals surface area contributed by atoms with Crippen molar-refractivity contribution in [3.63, 3.8) is 0 Å². The third kappa shape index (κ3) is 68.8. The highest BCUT2D eigenvalue weighted by molar-refractivity contribution is 7.47. The molecule has 0 bridgehead atoms. The molecule has 0 saturated carbocycles. The molecule has 0 radical (unpaired) electrons. The van der Waals surface area contributed by atoms with Crippen LogP contribution >= 0.6 is 15.6 Å². The summed E-state index contributed by atoms with van der Waals surface area (Å²) in [6.07, 6.45) is 70.0. The van der Waals surface area contributed by atoms with Crippen molar-refractivity contribution in [1.82, 2.24) is 0 Å². The summed E-state index contributed by atoms with van der Waals surface area (Å²) in [6.45, 7) is 4.67. The molecule has 19 heteroatoms. The van der Waals surface area contributed by atoms with Crippen LogP contribution in [0.4, 0.5) is 0 Å². The smallest absolute Gasteiger partial charge is 0.462 e. The normalized spacial score (nSPS) is 14.4. The van der Waals surface area contributed by atoms with Crippen molar-refractivity contribution in [2.75, 3.05) is 39.6 Å². The zero-order valence-electron chi connectivity index (χ0n) is 60.5. The van der Waals surface area contributed by atoms with Crippen LogP contribution in [-0.4, -0.2) is 96.7 Å². The number of carbonyl (C=O) groups is 4. The number of carbonyl (C=O) groups excluding carboxylic acids is 4. The van der Waals surface area contributed by atoms with Crippen LogP contribution in [0, 0.1) is 0 Å². The summed E-state index contributed by atoms with van der Waals surface area (Å²) in [5.41, 5.74) is 0. The van der Waals surface area contributed by atoms with Crippen molar-refractivity contribution < 1.29 is 80.2 Å². The summed E-state index contributed by atoms with van der Waals surface area (Å²) >= 11 is 0. The second-order valence-electron chi connectivity index (χ2n) is 25.2. The summed E-state index contributed by atoms with van der Waals surface area (Å²) in [4.78, 5) is 72.7. The van der Waals surface area contributed by atoms with E-state index in [0.717, 1.165) is 161 Å². The average Bonchev–Trinajstić information content (AvgIpc) is 1.13. The van der Waals surface area contributed by atoms with E-state index in [1.165, 1.54) is 83.5 Å². The summed E-state index contributed by atoms with van der Waals surface area (Å²) in [5, 5.41) is 10.6. The van der Waals surface area contributed by atoms with Crippen LogP contribution in [0.3, 0.4) is 0 Å². The van der Waals surface area contributed by atoms with Gasteiger partial charge in [0.2, 0.25) is 0 Å². The predicted molar refractivity (Wildman–Crippen MR) is 390 cm³/mol. The molecule has 0 aromatic heterocycles. The molecule has 0 aromatic rings. The van der Waals surface area contributed by atoms with E-state index in [-0.39, 0.29) is 25.7 Å². The van der Waals surface area contributed by atoms with Crippen molar-refractivity contribution in [2.45, 2.75) is 341 Å². The molecule has 3 N–H and O–H groups in total. The standard InChI is InChI=1S/C77H136O17P2/c1-5-9-13-17-21-25-29-32-34-35-37-40-43-46-50-54-58-62-75(80)87-67-72(93-76(81)63-59-55-51-47-41-28-24-20-16-12-8-4)69-91-95(83,84)89-65-71(78)66-90-96(85,86)92-70-73(94-77(82)64-60-56-52-48-44-38-31-27-23-19-15-11-7-3)68-88-74(79)61-57-53-49-45-42-39-36-33-30-26-22-18-14-10-6-2/h9,13,20-22,24-26,32-34,36-37,40,71-73,78H,5-8,10-12,14-19,23,27-31,35,38-39,41-70H2,1-4H3,(H,83,84)(H,85,86)/b13-9-,24-20-,25-21-,26-22-,34-32-,36-33-,40-37-. The van der Waals surface area contributed by atoms with E-state index >= 15 is 0 Å². The van der Waals surface area contributed by atoms with Gasteiger partial charge in [-0.25, -0.2) is 9.13 Å². The van der Waals surface area contributed by atoms with E-state index in [1.807, 2.05) is 0 Å². The maximum atomic E-state index is 13.1. The van der Waals surface area contributed by atoms with Gasteiger partial charge in [0.1, 0.15) is 19.3 Å². The Morgan fingerprint density at radius 2 is 0.552 bits per heavy atom. The zero-order valence-corrected chi connectivity index (χ0v) is 62.3. The Labute approximate surface area is 583 Å². The van der Waals surface area contributed by atoms with Gasteiger partial charge in [0.05, 0.1) is 26.4 Å². The van der Waals surface area contributed by atoms with E-state index in [2.05, 4.69) is 113 Å². The number of hydrogen-bond acceptors (Lipinski definition) is 15. The van der Waals surface area contributed by atoms with Gasteiger partial charge in [-0.05, 0) is 116 Å². The second kappa shape index (κ2) is 69.7. The Bertz CT molecular complexity index is 2160. The van der Waals surface area contributed by atoms with Crippen LogP contribution in [0.25, 0.3) is 0 Å². The summed E-state index contributed by atoms with van der Waals surface area (Å²) in [5.74, 6) is -2.21. The molecule has 0 aliphatic rings. The highest BCUT2D eigenvalue weighted by Gasteiger charge is 2.30. The second-order valence-corrected chi connectivity index (χ2v) is 28.1. The number of rotatable bonds is 71. The molecule has 0 saturated heterocycles. The highest BCUT2D eigenvalue weighted by Crippen LogP contribution is 2.45. The van der Waals surface area contributed by atoms with Gasteiger partial charge in [0.25, 0.3) is 0 Å². The Morgan fingerprint density at radius 3 is 0.896 bits per heavy atom. The van der Waals surface area contributed by atoms with E-state index in [0.29, 0.717) is 25.7 Å². The van der Waals surface area contributed by atoms with Gasteiger partial charge in [0.15, 0.2) is 12.2 Å². The molecule has 5 unspecified atom stereocenters. The van der Waals surface area contributed by atoms with Crippen molar-refractivity contribution in [3.05, 3.63) is 85.1 Å². The van der Waals surface area contributed by atoms with Crippen LogP contribution in [-0.2, 0) is 65.4 Å². The lowest BCUT2D eigenvalue weighted by atomic mass is 10.0. The van der Waals surface area contributed by atoms with Gasteiger partial charge >= 0.3 is 39.5 Å². The van der Waals surface area contributed by atoms with Gasteiger partial charge in [-0.1, -0.05) is 267 Å². The third-order valence-electron chi connectivity index (χ3n) is 15.8. The maximum Gasteiger partial charge on any atom is 0.472 e. The van der Waals surface area contributed by atoms with Crippen LogP contribution in [0.1, 0.15) is 323 Å². The molecular weight excluding hydrogens is 1260 g/mol. The first-order chi connectivity index (χ1) is 46.7. The molecule has 0 aliphatic heterocycles. The van der Waals surface area contributed by atoms with Crippen molar-refractivity contribution in [1.29, 1.82) is 0 Å². The molecule has 5 atom stereocenters. The minimum Gasteiger partial charge on any atom is -0.462 e. The lowest BCUT2D eigenvalue weighted by Crippen LogP contribution is -2.30. The van der Waals surface area contributed by atoms with Crippen LogP contribution < -0.4 is 0 Å². The molecule has 0 rings (SSSR count). The molecule has 96 heavy (non-hydrogen) atoms. The topological polar surface area (TPSA) is 237 Å². The number of aliphatic hydroxyl groups excluding tert-OH is 1. The molecule has 0 aromatic carbocycles. The van der Waals surface area contributed by atoms with E-state index in [4.69, 9.17) is 37.0 Å². The number of phosphoric acid groups is 2. The number of allylic oxidation sites excluding steroid dienone is 14. The molecule has 0 heterocycles. The average molecular weight is 1400 g/mol. The molecule has 0 aliphatic carbocycles. The quantitative estimate of drug-likeness (QED) is 0.0169. The molecule has 0 fully saturated rings. The first-order valence-corrected chi connectivity index (χ1v) is 40.8. The Balaban J connectivity index is 5.33. The lowest BCUT2D eigenvalue weighted by Gasteiger charge is -2.21. The first kappa shape index (κ1) is 92.2. The number of phosphoric ester groups is 2. The SMILES string of the molecule is CC/C=C\C/C=C\C/C=C\C/C=C\CCCCCCC(=O)OCC(COP(=O)(O)OCC(O)COP(=O)(O)OCC(COC(=O)CCCCCCC/C=C\C/C=C\CCCCC)OC(=O)CCCCCCCCCCCCCCC)OC(=O)CCCCCCC/C=C\CCCC. The Morgan fingerprint density at radius 1 is 0.302 bits per heavy atom. The number of hydrogen-bond donors (Lipinski definition) is 3. The molecule has 17 nitrogen and oxygen atoms in total. The summed E-state index contributed by atoms with van der Waals surface area (Å²) in [6, 6.07) is 0. The largest absolute Gasteiger partial charge is 0.472 e. The van der Waals surface area contributed by atoms with Gasteiger partial charge < -0.3 is 33.8 Å². The first-order valence-electron chi connectivity index (χ1n) is 37.8. The molecule has 556 valence electrons. The Kier molecular flexibility index (Phi) is 67.0. The minimum atomic E-state index is -4.98. The third-order valence-corrected chi connectivity index (χ3v) is 17.7. The molecule has 0 spiro atoms. The highest BCUT2D eigenvalue weighted by atomic mass is 31.2. The van der Waals surface area contributed by atoms with Crippen molar-refractivity contribution >= 4 is 39.5 Å². The van der Waals surface area contributed by atoms with Gasteiger partial charge in [0, 0.05) is 25.7 Å². The van der Waals surface area contributed by atoms with Crippen LogP contribution in [0.15, 0.2) is 85.1 Å². The summed E-state index contributed by atoms with van der Waals surface area (Å²) < 4.78 is 68.4. The van der Waals surface area contributed by atoms with Crippen LogP contribution in [0.2, 0.25) is 0 Å². The van der Waals surface area contributed by atoms with Gasteiger partial charge in [-0.3, -0.25) is 37.3 Å². The van der Waals surface area contributed by atoms with Gasteiger partial charge in [-0.15, -0.1) is 0 Å². The van der Waals surface area contributed by atoms with E-state index < -0.39 is 97.5 Å². The van der Waals surface area contributed by atoms with Crippen molar-refractivity contribution in [3.8, 4) is 0 Å². The monoisotopic (exact) mass is 1390 g/mol. The Hall–Kier alpha value is -3.76. The van der Waals surface area contributed by atoms with Gasteiger partial charge in [-0.2, -0.15) is 0 Å². The fourth-order valence-corrected chi connectivity index (χ4v) is 11.6. The maximum absolute atomic E-state index is 13.1. The molecule has 0 amide bonds. The lowest BCUT2D eigenvalue weighted by molar-refractivity contribution is -0.161. The van der Waals surface area contributed by atoms with Crippen LogP contribution in [0.5, 0.6) is 0 Å². The molecular formula is C77H136O17P2. The summed E-state index contributed by atoms with van der Waals surface area (Å²) in [7, 11) is -9.95. The number of esters is 4. The fourth-order valence-electron chi connectivity index (χ4n) is 10.0. The number of ether oxygens (including phenoxy) is 4. The van der Waals surface area contributed by atoms with E-state index in [1.54, 1.807) is 0 Å². The predicted octanol–water partition coefficient (Wildman–Crippen LogP) is 21.4. The number of aliphatic hydroxyl groups is 1. The van der Waals surface area contributed by atoms with E-state index in [9.17, 15) is 43.2 Å². The minimum absolute atomic E-state index is 0.0795. The fraction of sp³-hybridized carbons (Fsp3) is 0.766. The number of unbranched alkanes of at least 4 members (excludes halogenated alkanes) is 31. The van der Waals surface area contributed by atoms with Crippen molar-refractivity contribution in [2.24, 2.45) is 0 Å².